The second kappa shape index (κ2) is 8.45. The van der Waals surface area contributed by atoms with E-state index in [4.69, 9.17) is 16.6 Å². The molecule has 32 heavy (non-hydrogen) atoms. The molecule has 1 fully saturated rings. The van der Waals surface area contributed by atoms with Gasteiger partial charge in [0.25, 0.3) is 0 Å². The van der Waals surface area contributed by atoms with E-state index in [0.717, 1.165) is 34.2 Å². The zero-order chi connectivity index (χ0) is 22.4. The van der Waals surface area contributed by atoms with Crippen molar-refractivity contribution in [1.82, 2.24) is 20.1 Å². The third-order valence-corrected chi connectivity index (χ3v) is 7.99. The van der Waals surface area contributed by atoms with Crippen molar-refractivity contribution in [1.29, 1.82) is 0 Å². The fraction of sp³-hybridized carbons (Fsp3) is 0.417. The highest BCUT2D eigenvalue weighted by molar-refractivity contribution is 7.15. The molecule has 1 saturated carbocycles. The molecule has 8 heteroatoms. The Labute approximate surface area is 196 Å². The minimum atomic E-state index is -0.414. The number of hydrogen-bond acceptors (Lipinski definition) is 5. The fourth-order valence-corrected chi connectivity index (χ4v) is 5.68. The molecular formula is C24H26ClN5OS. The summed E-state index contributed by atoms with van der Waals surface area (Å²) >= 11 is 7.87. The molecule has 1 aliphatic heterocycles. The van der Waals surface area contributed by atoms with Crippen LogP contribution in [0.15, 0.2) is 29.3 Å². The van der Waals surface area contributed by atoms with Gasteiger partial charge in [-0.2, -0.15) is 0 Å². The van der Waals surface area contributed by atoms with Crippen LogP contribution in [-0.2, 0) is 4.79 Å². The lowest BCUT2D eigenvalue weighted by Crippen LogP contribution is -2.33. The largest absolute Gasteiger partial charge is 0.356 e. The Hall–Kier alpha value is -2.51. The van der Waals surface area contributed by atoms with E-state index >= 15 is 0 Å². The summed E-state index contributed by atoms with van der Waals surface area (Å²) in [5.74, 6) is 2.14. The van der Waals surface area contributed by atoms with Gasteiger partial charge in [0.1, 0.15) is 16.9 Å². The van der Waals surface area contributed by atoms with Crippen LogP contribution < -0.4 is 5.32 Å². The zero-order valence-corrected chi connectivity index (χ0v) is 20.1. The highest BCUT2D eigenvalue weighted by Gasteiger charge is 2.32. The van der Waals surface area contributed by atoms with Crippen molar-refractivity contribution in [3.63, 3.8) is 0 Å². The first-order valence-electron chi connectivity index (χ1n) is 11.1. The number of amides is 1. The van der Waals surface area contributed by atoms with Crippen LogP contribution in [0.25, 0.3) is 5.00 Å². The van der Waals surface area contributed by atoms with Gasteiger partial charge < -0.3 is 5.32 Å². The van der Waals surface area contributed by atoms with Crippen LogP contribution in [0.1, 0.15) is 64.9 Å². The van der Waals surface area contributed by atoms with E-state index < -0.39 is 6.04 Å². The van der Waals surface area contributed by atoms with Gasteiger partial charge in [-0.1, -0.05) is 30.2 Å². The molecule has 166 valence electrons. The molecule has 5 rings (SSSR count). The molecule has 0 radical (unpaired) electrons. The first-order chi connectivity index (χ1) is 15.4. The number of benzene rings is 1. The summed E-state index contributed by atoms with van der Waals surface area (Å²) in [7, 11) is 0. The van der Waals surface area contributed by atoms with Crippen LogP contribution in [-0.4, -0.2) is 32.9 Å². The minimum Gasteiger partial charge on any atom is -0.356 e. The first-order valence-corrected chi connectivity index (χ1v) is 12.2. The normalized spacial score (nSPS) is 17.8. The molecule has 2 aromatic heterocycles. The van der Waals surface area contributed by atoms with Crippen molar-refractivity contribution in [2.45, 2.75) is 52.5 Å². The molecular weight excluding hydrogens is 442 g/mol. The topological polar surface area (TPSA) is 72.2 Å². The van der Waals surface area contributed by atoms with Crippen molar-refractivity contribution in [3.8, 4) is 5.00 Å². The lowest BCUT2D eigenvalue weighted by atomic mass is 9.85. The van der Waals surface area contributed by atoms with Crippen LogP contribution in [0, 0.1) is 26.7 Å². The average Bonchev–Trinajstić information content (AvgIpc) is 3.20. The van der Waals surface area contributed by atoms with Crippen molar-refractivity contribution in [3.05, 3.63) is 62.5 Å². The van der Waals surface area contributed by atoms with Gasteiger partial charge in [0.05, 0.1) is 12.1 Å². The lowest BCUT2D eigenvalue weighted by Gasteiger charge is -2.25. The van der Waals surface area contributed by atoms with Crippen molar-refractivity contribution in [2.24, 2.45) is 10.9 Å². The fourth-order valence-electron chi connectivity index (χ4n) is 4.34. The summed E-state index contributed by atoms with van der Waals surface area (Å²) in [6.07, 6.45) is 3.92. The molecule has 0 saturated heterocycles. The lowest BCUT2D eigenvalue weighted by molar-refractivity contribution is -0.121. The van der Waals surface area contributed by atoms with Crippen LogP contribution in [0.2, 0.25) is 5.02 Å². The van der Waals surface area contributed by atoms with E-state index in [1.807, 2.05) is 31.2 Å². The summed E-state index contributed by atoms with van der Waals surface area (Å²) < 4.78 is 2.08. The van der Waals surface area contributed by atoms with E-state index in [0.29, 0.717) is 16.8 Å². The maximum Gasteiger partial charge on any atom is 0.222 e. The summed E-state index contributed by atoms with van der Waals surface area (Å²) in [4.78, 5) is 19.2. The molecule has 1 N–H and O–H groups in total. The van der Waals surface area contributed by atoms with Crippen molar-refractivity contribution >= 4 is 34.6 Å². The molecule has 1 aliphatic carbocycles. The maximum atomic E-state index is 12.9. The van der Waals surface area contributed by atoms with Crippen molar-refractivity contribution in [2.75, 3.05) is 6.54 Å². The summed E-state index contributed by atoms with van der Waals surface area (Å²) in [5, 5.41) is 13.7. The third kappa shape index (κ3) is 3.77. The maximum absolute atomic E-state index is 12.9. The molecule has 3 heterocycles. The van der Waals surface area contributed by atoms with E-state index in [9.17, 15) is 4.79 Å². The SMILES string of the molecule is Cc1sc2c(c1C)C(c1ccc(Cl)cc1)=N[C@@H](CC(=O)NCC1CCC1)c1nnc(C)n1-2. The van der Waals surface area contributed by atoms with Gasteiger partial charge in [0.15, 0.2) is 5.82 Å². The number of rotatable bonds is 5. The average molecular weight is 468 g/mol. The molecule has 0 unspecified atom stereocenters. The van der Waals surface area contributed by atoms with E-state index in [1.54, 1.807) is 11.3 Å². The summed E-state index contributed by atoms with van der Waals surface area (Å²) in [6.45, 7) is 6.95. The molecule has 1 amide bonds. The number of thiophene rings is 1. The first kappa shape index (κ1) is 21.3. The smallest absolute Gasteiger partial charge is 0.222 e. The standard InChI is InChI=1S/C24H26ClN5OS/c1-13-14(2)32-24-21(13)22(17-7-9-18(25)10-8-17)27-19(23-29-28-15(3)30(23)24)11-20(31)26-12-16-5-4-6-16/h7-10,16,19H,4-6,11-12H2,1-3H3,(H,26,31)/t19-/m0/s1. The van der Waals surface area contributed by atoms with Gasteiger partial charge in [0.2, 0.25) is 5.91 Å². The Kier molecular flexibility index (Phi) is 5.63. The second-order valence-corrected chi connectivity index (χ2v) is 10.3. The van der Waals surface area contributed by atoms with E-state index in [1.165, 1.54) is 29.7 Å². The Morgan fingerprint density at radius 1 is 1.19 bits per heavy atom. The van der Waals surface area contributed by atoms with Gasteiger partial charge >= 0.3 is 0 Å². The van der Waals surface area contributed by atoms with E-state index in [2.05, 4.69) is 33.9 Å². The summed E-state index contributed by atoms with van der Waals surface area (Å²) in [6, 6.07) is 7.32. The van der Waals surface area contributed by atoms with Gasteiger partial charge in [-0.15, -0.1) is 21.5 Å². The number of aryl methyl sites for hydroxylation is 2. The van der Waals surface area contributed by atoms with Crippen LogP contribution in [0.5, 0.6) is 0 Å². The monoisotopic (exact) mass is 467 g/mol. The number of carbonyl (C=O) groups excluding carboxylic acids is 1. The Morgan fingerprint density at radius 2 is 1.94 bits per heavy atom. The van der Waals surface area contributed by atoms with Crippen LogP contribution in [0.3, 0.4) is 0 Å². The highest BCUT2D eigenvalue weighted by Crippen LogP contribution is 2.39. The van der Waals surface area contributed by atoms with Crippen LogP contribution >= 0.6 is 22.9 Å². The predicted molar refractivity (Wildman–Crippen MR) is 128 cm³/mol. The quantitative estimate of drug-likeness (QED) is 0.567. The Bertz CT molecular complexity index is 1210. The number of hydrogen-bond donors (Lipinski definition) is 1. The minimum absolute atomic E-state index is 0.00599. The van der Waals surface area contributed by atoms with Gasteiger partial charge in [-0.05, 0) is 57.2 Å². The highest BCUT2D eigenvalue weighted by atomic mass is 35.5. The number of fused-ring (bicyclic) bond motifs is 3. The number of nitrogens with zero attached hydrogens (tertiary/aromatic N) is 4. The predicted octanol–water partition coefficient (Wildman–Crippen LogP) is 5.11. The third-order valence-electron chi connectivity index (χ3n) is 6.55. The summed E-state index contributed by atoms with van der Waals surface area (Å²) in [5.41, 5.74) is 4.12. The van der Waals surface area contributed by atoms with Gasteiger partial charge in [-0.25, -0.2) is 0 Å². The molecule has 0 spiro atoms. The Morgan fingerprint density at radius 3 is 2.62 bits per heavy atom. The van der Waals surface area contributed by atoms with E-state index in [-0.39, 0.29) is 12.3 Å². The number of carbonyl (C=O) groups is 1. The van der Waals surface area contributed by atoms with Gasteiger partial charge in [-0.3, -0.25) is 14.4 Å². The number of aliphatic imine (C=N–C) groups is 1. The van der Waals surface area contributed by atoms with Crippen LogP contribution in [0.4, 0.5) is 0 Å². The van der Waals surface area contributed by atoms with Gasteiger partial charge in [0, 0.05) is 27.6 Å². The zero-order valence-electron chi connectivity index (χ0n) is 18.5. The molecule has 1 atom stereocenters. The molecule has 0 bridgehead atoms. The molecule has 6 nitrogen and oxygen atoms in total. The number of halogens is 1. The Balaban J connectivity index is 1.59. The number of nitrogens with one attached hydrogen (secondary N) is 1. The number of aromatic nitrogens is 3. The van der Waals surface area contributed by atoms with Crippen molar-refractivity contribution < 1.29 is 4.79 Å². The molecule has 1 aromatic carbocycles. The molecule has 3 aromatic rings. The molecule has 2 aliphatic rings. The second-order valence-electron chi connectivity index (χ2n) is 8.71.